The summed E-state index contributed by atoms with van der Waals surface area (Å²) >= 11 is 12.2. The number of hydrogen-bond donors (Lipinski definition) is 2. The van der Waals surface area contributed by atoms with Crippen molar-refractivity contribution in [2.45, 2.75) is 33.2 Å². The number of aliphatic imine (C=N–C) groups is 1. The Balaban J connectivity index is 1.68. The summed E-state index contributed by atoms with van der Waals surface area (Å²) in [5.41, 5.74) is 0.976. The third-order valence-electron chi connectivity index (χ3n) is 4.87. The second kappa shape index (κ2) is 12.4. The molecule has 1 fully saturated rings. The Bertz CT molecular complexity index is 586. The molecule has 0 unspecified atom stereocenters. The molecule has 1 aromatic carbocycles. The summed E-state index contributed by atoms with van der Waals surface area (Å²) in [7, 11) is 0. The van der Waals surface area contributed by atoms with Gasteiger partial charge in [0.15, 0.2) is 5.96 Å². The molecule has 5 nitrogen and oxygen atoms in total. The summed E-state index contributed by atoms with van der Waals surface area (Å²) in [6.45, 7) is 13.8. The van der Waals surface area contributed by atoms with Gasteiger partial charge in [-0.1, -0.05) is 36.2 Å². The Morgan fingerprint density at radius 2 is 1.78 bits per heavy atom. The van der Waals surface area contributed by atoms with Crippen molar-refractivity contribution >= 4 is 29.2 Å². The first-order valence-corrected chi connectivity index (χ1v) is 10.8. The largest absolute Gasteiger partial charge is 0.357 e. The SMILES string of the molecule is CCNC(=NCc1ccc(Cl)cc1Cl)NCCCCN1CCN(CC)CC1. The van der Waals surface area contributed by atoms with Crippen LogP contribution in [0.3, 0.4) is 0 Å². The maximum absolute atomic E-state index is 6.23. The normalized spacial score (nSPS) is 16.5. The molecule has 1 aliphatic rings. The Morgan fingerprint density at radius 3 is 2.44 bits per heavy atom. The van der Waals surface area contributed by atoms with E-state index >= 15 is 0 Å². The van der Waals surface area contributed by atoms with Gasteiger partial charge in [0.25, 0.3) is 0 Å². The minimum Gasteiger partial charge on any atom is -0.357 e. The monoisotopic (exact) mass is 413 g/mol. The number of benzene rings is 1. The van der Waals surface area contributed by atoms with Crippen LogP contribution in [0.2, 0.25) is 10.0 Å². The highest BCUT2D eigenvalue weighted by molar-refractivity contribution is 6.35. The highest BCUT2D eigenvalue weighted by atomic mass is 35.5. The Kier molecular flexibility index (Phi) is 10.3. The topological polar surface area (TPSA) is 42.9 Å². The van der Waals surface area contributed by atoms with Gasteiger partial charge in [-0.25, -0.2) is 4.99 Å². The van der Waals surface area contributed by atoms with Crippen molar-refractivity contribution in [2.75, 3.05) is 52.4 Å². The van der Waals surface area contributed by atoms with Gasteiger partial charge in [-0.3, -0.25) is 0 Å². The first-order chi connectivity index (χ1) is 13.1. The molecule has 0 aromatic heterocycles. The molecule has 0 spiro atoms. The standard InChI is InChI=1S/C20H33Cl2N5/c1-3-23-20(25-16-17-7-8-18(21)15-19(17)22)24-9-5-6-10-27-13-11-26(4-2)12-14-27/h7-8,15H,3-6,9-14,16H2,1-2H3,(H2,23,24,25). The van der Waals surface area contributed by atoms with Crippen LogP contribution >= 0.6 is 23.2 Å². The van der Waals surface area contributed by atoms with Crippen LogP contribution in [0.15, 0.2) is 23.2 Å². The number of piperazine rings is 1. The van der Waals surface area contributed by atoms with Gasteiger partial charge in [0.2, 0.25) is 0 Å². The molecule has 1 saturated heterocycles. The molecule has 152 valence electrons. The second-order valence-corrected chi connectivity index (χ2v) is 7.68. The van der Waals surface area contributed by atoms with Gasteiger partial charge in [-0.05, 0) is 50.6 Å². The summed E-state index contributed by atoms with van der Waals surface area (Å²) in [6, 6.07) is 5.53. The van der Waals surface area contributed by atoms with E-state index in [9.17, 15) is 0 Å². The predicted octanol–water partition coefficient (Wildman–Crippen LogP) is 3.47. The molecule has 1 heterocycles. The van der Waals surface area contributed by atoms with Crippen molar-refractivity contribution in [3.8, 4) is 0 Å². The summed E-state index contributed by atoms with van der Waals surface area (Å²) < 4.78 is 0. The lowest BCUT2D eigenvalue weighted by atomic mass is 10.2. The highest BCUT2D eigenvalue weighted by Crippen LogP contribution is 2.21. The third kappa shape index (κ3) is 8.26. The quantitative estimate of drug-likeness (QED) is 0.369. The minimum atomic E-state index is 0.535. The molecule has 1 aromatic rings. The van der Waals surface area contributed by atoms with Crippen molar-refractivity contribution in [1.82, 2.24) is 20.4 Å². The van der Waals surface area contributed by atoms with Crippen LogP contribution in [-0.2, 0) is 6.54 Å². The fraction of sp³-hybridized carbons (Fsp3) is 0.650. The average molecular weight is 414 g/mol. The van der Waals surface area contributed by atoms with Crippen LogP contribution < -0.4 is 10.6 Å². The number of hydrogen-bond acceptors (Lipinski definition) is 3. The first-order valence-electron chi connectivity index (χ1n) is 10.0. The summed E-state index contributed by atoms with van der Waals surface area (Å²) in [4.78, 5) is 9.73. The fourth-order valence-corrected chi connectivity index (χ4v) is 3.62. The van der Waals surface area contributed by atoms with Gasteiger partial charge in [-0.2, -0.15) is 0 Å². The number of unbranched alkanes of at least 4 members (excludes halogenated alkanes) is 1. The van der Waals surface area contributed by atoms with Crippen LogP contribution in [-0.4, -0.2) is 68.1 Å². The predicted molar refractivity (Wildman–Crippen MR) is 117 cm³/mol. The summed E-state index contributed by atoms with van der Waals surface area (Å²) in [6.07, 6.45) is 2.35. The van der Waals surface area contributed by atoms with Gasteiger partial charge in [0.05, 0.1) is 6.54 Å². The van der Waals surface area contributed by atoms with Crippen LogP contribution in [0.1, 0.15) is 32.3 Å². The maximum Gasteiger partial charge on any atom is 0.191 e. The van der Waals surface area contributed by atoms with Gasteiger partial charge >= 0.3 is 0 Å². The first kappa shape index (κ1) is 22.3. The molecule has 2 N–H and O–H groups in total. The molecule has 0 amide bonds. The lowest BCUT2D eigenvalue weighted by Crippen LogP contribution is -2.46. The Labute approximate surface area is 174 Å². The minimum absolute atomic E-state index is 0.535. The number of halogens is 2. The van der Waals surface area contributed by atoms with E-state index in [4.69, 9.17) is 23.2 Å². The molecular weight excluding hydrogens is 381 g/mol. The lowest BCUT2D eigenvalue weighted by Gasteiger charge is -2.34. The number of guanidine groups is 1. The third-order valence-corrected chi connectivity index (χ3v) is 5.46. The van der Waals surface area contributed by atoms with Crippen LogP contribution in [0.5, 0.6) is 0 Å². The summed E-state index contributed by atoms with van der Waals surface area (Å²) in [5.74, 6) is 0.833. The summed E-state index contributed by atoms with van der Waals surface area (Å²) in [5, 5.41) is 8.01. The molecule has 7 heteroatoms. The number of nitrogens with zero attached hydrogens (tertiary/aromatic N) is 3. The van der Waals surface area contributed by atoms with E-state index in [-0.39, 0.29) is 0 Å². The van der Waals surface area contributed by atoms with E-state index in [1.54, 1.807) is 6.07 Å². The molecule has 27 heavy (non-hydrogen) atoms. The van der Waals surface area contributed by atoms with Crippen LogP contribution in [0.4, 0.5) is 0 Å². The highest BCUT2D eigenvalue weighted by Gasteiger charge is 2.14. The Morgan fingerprint density at radius 1 is 1.04 bits per heavy atom. The van der Waals surface area contributed by atoms with Crippen molar-refractivity contribution in [1.29, 1.82) is 0 Å². The van der Waals surface area contributed by atoms with Crippen molar-refractivity contribution in [2.24, 2.45) is 4.99 Å². The van der Waals surface area contributed by atoms with Gasteiger partial charge in [0, 0.05) is 49.3 Å². The zero-order valence-electron chi connectivity index (χ0n) is 16.6. The van der Waals surface area contributed by atoms with Crippen molar-refractivity contribution in [3.05, 3.63) is 33.8 Å². The van der Waals surface area contributed by atoms with Gasteiger partial charge < -0.3 is 20.4 Å². The smallest absolute Gasteiger partial charge is 0.191 e. The fourth-order valence-electron chi connectivity index (χ4n) is 3.15. The van der Waals surface area contributed by atoms with E-state index in [1.165, 1.54) is 45.7 Å². The molecule has 0 saturated carbocycles. The molecular formula is C20H33Cl2N5. The van der Waals surface area contributed by atoms with E-state index in [0.717, 1.165) is 31.0 Å². The van der Waals surface area contributed by atoms with Crippen molar-refractivity contribution < 1.29 is 0 Å². The Hall–Kier alpha value is -1.01. The number of rotatable bonds is 9. The zero-order valence-corrected chi connectivity index (χ0v) is 18.1. The van der Waals surface area contributed by atoms with Crippen molar-refractivity contribution in [3.63, 3.8) is 0 Å². The molecule has 0 radical (unpaired) electrons. The van der Waals surface area contributed by atoms with E-state index < -0.39 is 0 Å². The van der Waals surface area contributed by atoms with E-state index in [1.807, 2.05) is 12.1 Å². The van der Waals surface area contributed by atoms with Crippen LogP contribution in [0, 0.1) is 0 Å². The van der Waals surface area contributed by atoms with Gasteiger partial charge in [0.1, 0.15) is 0 Å². The molecule has 1 aliphatic heterocycles. The van der Waals surface area contributed by atoms with Crippen LogP contribution in [0.25, 0.3) is 0 Å². The van der Waals surface area contributed by atoms with E-state index in [0.29, 0.717) is 16.6 Å². The van der Waals surface area contributed by atoms with E-state index in [2.05, 4.69) is 39.3 Å². The molecule has 2 rings (SSSR count). The molecule has 0 atom stereocenters. The molecule has 0 aliphatic carbocycles. The average Bonchev–Trinajstić information content (AvgIpc) is 2.67. The molecule has 0 bridgehead atoms. The maximum atomic E-state index is 6.23. The number of nitrogens with one attached hydrogen (secondary N) is 2. The number of likely N-dealkylation sites (N-methyl/N-ethyl adjacent to an activating group) is 1. The lowest BCUT2D eigenvalue weighted by molar-refractivity contribution is 0.136. The van der Waals surface area contributed by atoms with Gasteiger partial charge in [-0.15, -0.1) is 0 Å². The second-order valence-electron chi connectivity index (χ2n) is 6.84. The zero-order chi connectivity index (χ0) is 19.5.